The number of anilines is 2. The lowest BCUT2D eigenvalue weighted by atomic mass is 10.0. The molecule has 0 aromatic carbocycles. The minimum absolute atomic E-state index is 0.485. The van der Waals surface area contributed by atoms with E-state index in [-0.39, 0.29) is 0 Å². The van der Waals surface area contributed by atoms with Gasteiger partial charge in [-0.1, -0.05) is 0 Å². The van der Waals surface area contributed by atoms with Crippen LogP contribution in [0.2, 0.25) is 0 Å². The van der Waals surface area contributed by atoms with Gasteiger partial charge in [0.1, 0.15) is 6.33 Å². The van der Waals surface area contributed by atoms with Crippen LogP contribution in [0.25, 0.3) is 0 Å². The fourth-order valence-electron chi connectivity index (χ4n) is 2.35. The molecule has 1 fully saturated rings. The summed E-state index contributed by atoms with van der Waals surface area (Å²) in [4.78, 5) is 10.4. The van der Waals surface area contributed by atoms with Crippen molar-refractivity contribution in [2.45, 2.75) is 12.8 Å². The van der Waals surface area contributed by atoms with Gasteiger partial charge >= 0.3 is 0 Å². The van der Waals surface area contributed by atoms with Crippen LogP contribution in [-0.4, -0.2) is 43.9 Å². The Balaban J connectivity index is 2.11. The Bertz CT molecular complexity index is 409. The monoisotopic (exact) mass is 267 g/mol. The van der Waals surface area contributed by atoms with Crippen molar-refractivity contribution in [1.82, 2.24) is 9.97 Å². The van der Waals surface area contributed by atoms with Gasteiger partial charge in [-0.3, -0.25) is 0 Å². The molecule has 1 aliphatic heterocycles. The number of nitrogens with two attached hydrogens (primary N) is 1. The van der Waals surface area contributed by atoms with Crippen molar-refractivity contribution < 1.29 is 9.47 Å². The summed E-state index contributed by atoms with van der Waals surface area (Å²) >= 11 is 0. The van der Waals surface area contributed by atoms with Gasteiger partial charge in [0.2, 0.25) is 5.75 Å². The van der Waals surface area contributed by atoms with Crippen LogP contribution >= 0.6 is 0 Å². The van der Waals surface area contributed by atoms with Gasteiger partial charge < -0.3 is 19.8 Å². The van der Waals surface area contributed by atoms with Crippen LogP contribution in [0.4, 0.5) is 11.6 Å². The van der Waals surface area contributed by atoms with E-state index in [0.717, 1.165) is 32.0 Å². The molecule has 2 heterocycles. The number of nitrogen functional groups attached to an aromatic ring is 1. The van der Waals surface area contributed by atoms with Crippen molar-refractivity contribution in [3.05, 3.63) is 6.33 Å². The summed E-state index contributed by atoms with van der Waals surface area (Å²) in [5, 5.41) is 0. The molecule has 7 heteroatoms. The van der Waals surface area contributed by atoms with Crippen molar-refractivity contribution in [2.24, 2.45) is 11.8 Å². The van der Waals surface area contributed by atoms with Crippen molar-refractivity contribution in [3.8, 4) is 5.75 Å². The molecule has 1 unspecified atom stereocenters. The second kappa shape index (κ2) is 6.53. The highest BCUT2D eigenvalue weighted by Crippen LogP contribution is 2.31. The molecule has 0 saturated carbocycles. The van der Waals surface area contributed by atoms with Gasteiger partial charge in [0.05, 0.1) is 13.7 Å². The lowest BCUT2D eigenvalue weighted by Gasteiger charge is -2.28. The molecular formula is C12H21N5O2. The van der Waals surface area contributed by atoms with E-state index in [2.05, 4.69) is 20.3 Å². The largest absolute Gasteiger partial charge is 0.490 e. The molecular weight excluding hydrogens is 246 g/mol. The van der Waals surface area contributed by atoms with Crippen molar-refractivity contribution in [2.75, 3.05) is 44.2 Å². The van der Waals surface area contributed by atoms with Crippen LogP contribution < -0.4 is 20.9 Å². The van der Waals surface area contributed by atoms with Crippen molar-refractivity contribution in [3.63, 3.8) is 0 Å². The smallest absolute Gasteiger partial charge is 0.205 e. The first-order chi connectivity index (χ1) is 9.26. The van der Waals surface area contributed by atoms with Crippen LogP contribution in [0.1, 0.15) is 12.8 Å². The third-order valence-electron chi connectivity index (χ3n) is 3.27. The van der Waals surface area contributed by atoms with Crippen LogP contribution in [0.5, 0.6) is 5.75 Å². The SMILES string of the molecule is COc1c(NN)ncnc1N(C)CC1CCCOC1. The zero-order chi connectivity index (χ0) is 13.7. The van der Waals surface area contributed by atoms with E-state index in [1.807, 2.05) is 7.05 Å². The van der Waals surface area contributed by atoms with Crippen LogP contribution in [-0.2, 0) is 4.74 Å². The molecule has 0 radical (unpaired) electrons. The first-order valence-corrected chi connectivity index (χ1v) is 6.40. The summed E-state index contributed by atoms with van der Waals surface area (Å²) in [5.74, 6) is 7.72. The molecule has 0 amide bonds. The van der Waals surface area contributed by atoms with Gasteiger partial charge in [-0.25, -0.2) is 15.8 Å². The maximum Gasteiger partial charge on any atom is 0.205 e. The number of aromatic nitrogens is 2. The van der Waals surface area contributed by atoms with E-state index < -0.39 is 0 Å². The Hall–Kier alpha value is -1.60. The summed E-state index contributed by atoms with van der Waals surface area (Å²) in [6.07, 6.45) is 3.77. The van der Waals surface area contributed by atoms with Gasteiger partial charge in [-0.2, -0.15) is 0 Å². The molecule has 3 N–H and O–H groups in total. The van der Waals surface area contributed by atoms with E-state index in [9.17, 15) is 0 Å². The van der Waals surface area contributed by atoms with Gasteiger partial charge in [0.15, 0.2) is 11.6 Å². The topological polar surface area (TPSA) is 85.5 Å². The first-order valence-electron chi connectivity index (χ1n) is 6.40. The average Bonchev–Trinajstić information content (AvgIpc) is 2.47. The Kier molecular flexibility index (Phi) is 4.75. The molecule has 2 rings (SSSR count). The summed E-state index contributed by atoms with van der Waals surface area (Å²) in [6, 6.07) is 0. The molecule has 1 atom stereocenters. The molecule has 19 heavy (non-hydrogen) atoms. The number of ether oxygens (including phenoxy) is 2. The predicted molar refractivity (Wildman–Crippen MR) is 73.2 cm³/mol. The maximum absolute atomic E-state index is 5.50. The van der Waals surface area contributed by atoms with Gasteiger partial charge in [0, 0.05) is 20.2 Å². The van der Waals surface area contributed by atoms with E-state index in [0.29, 0.717) is 17.5 Å². The lowest BCUT2D eigenvalue weighted by Crippen LogP contribution is -2.31. The fraction of sp³-hybridized carbons (Fsp3) is 0.667. The van der Waals surface area contributed by atoms with Crippen LogP contribution in [0.15, 0.2) is 6.33 Å². The molecule has 0 spiro atoms. The number of methoxy groups -OCH3 is 1. The second-order valence-corrected chi connectivity index (χ2v) is 4.69. The number of hydrogen-bond donors (Lipinski definition) is 2. The Morgan fingerprint density at radius 3 is 3.05 bits per heavy atom. The second-order valence-electron chi connectivity index (χ2n) is 4.69. The molecule has 7 nitrogen and oxygen atoms in total. The summed E-state index contributed by atoms with van der Waals surface area (Å²) in [5.41, 5.74) is 2.52. The minimum Gasteiger partial charge on any atom is -0.490 e. The van der Waals surface area contributed by atoms with E-state index in [1.165, 1.54) is 12.7 Å². The maximum atomic E-state index is 5.50. The Labute approximate surface area is 113 Å². The quantitative estimate of drug-likeness (QED) is 0.598. The standard InChI is InChI=1S/C12H21N5O2/c1-17(6-9-4-3-5-19-7-9)12-10(18-2)11(16-13)14-8-15-12/h8-9H,3-7,13H2,1-2H3,(H,14,15,16). The predicted octanol–water partition coefficient (Wildman–Crippen LogP) is 0.634. The third kappa shape index (κ3) is 3.24. The number of nitrogens with one attached hydrogen (secondary N) is 1. The highest BCUT2D eigenvalue weighted by Gasteiger charge is 2.20. The minimum atomic E-state index is 0.485. The first kappa shape index (κ1) is 13.8. The molecule has 1 aromatic rings. The average molecular weight is 267 g/mol. The molecule has 1 saturated heterocycles. The molecule has 0 bridgehead atoms. The summed E-state index contributed by atoms with van der Waals surface area (Å²) in [7, 11) is 3.57. The van der Waals surface area contributed by atoms with Gasteiger partial charge in [-0.05, 0) is 18.8 Å². The fourth-order valence-corrected chi connectivity index (χ4v) is 2.35. The zero-order valence-electron chi connectivity index (χ0n) is 11.4. The highest BCUT2D eigenvalue weighted by molar-refractivity contribution is 5.64. The lowest BCUT2D eigenvalue weighted by molar-refractivity contribution is 0.0575. The molecule has 0 aliphatic carbocycles. The van der Waals surface area contributed by atoms with E-state index >= 15 is 0 Å². The van der Waals surface area contributed by atoms with Gasteiger partial charge in [-0.15, -0.1) is 0 Å². The summed E-state index contributed by atoms with van der Waals surface area (Å²) in [6.45, 7) is 2.55. The molecule has 1 aliphatic rings. The molecule has 1 aromatic heterocycles. The number of nitrogens with zero attached hydrogens (tertiary/aromatic N) is 3. The van der Waals surface area contributed by atoms with E-state index in [1.54, 1.807) is 7.11 Å². The van der Waals surface area contributed by atoms with Crippen LogP contribution in [0.3, 0.4) is 0 Å². The number of hydrogen-bond acceptors (Lipinski definition) is 7. The van der Waals surface area contributed by atoms with Crippen molar-refractivity contribution in [1.29, 1.82) is 0 Å². The van der Waals surface area contributed by atoms with E-state index in [4.69, 9.17) is 15.3 Å². The zero-order valence-corrected chi connectivity index (χ0v) is 11.4. The van der Waals surface area contributed by atoms with Crippen LogP contribution in [0, 0.1) is 5.92 Å². The number of rotatable bonds is 5. The Morgan fingerprint density at radius 2 is 2.42 bits per heavy atom. The highest BCUT2D eigenvalue weighted by atomic mass is 16.5. The third-order valence-corrected chi connectivity index (χ3v) is 3.27. The Morgan fingerprint density at radius 1 is 1.58 bits per heavy atom. The van der Waals surface area contributed by atoms with Gasteiger partial charge in [0.25, 0.3) is 0 Å². The van der Waals surface area contributed by atoms with Crippen molar-refractivity contribution >= 4 is 11.6 Å². The molecule has 106 valence electrons. The summed E-state index contributed by atoms with van der Waals surface area (Å²) < 4.78 is 10.8. The normalized spacial score (nSPS) is 19.0. The number of hydrazine groups is 1.